The van der Waals surface area contributed by atoms with Crippen LogP contribution < -0.4 is 0 Å². The maximum atomic E-state index is 9.64. The molecule has 0 aromatic carbocycles. The molecule has 24 heavy (non-hydrogen) atoms. The van der Waals surface area contributed by atoms with E-state index < -0.39 is 11.9 Å². The van der Waals surface area contributed by atoms with Crippen LogP contribution in [0.1, 0.15) is 30.7 Å². The topological polar surface area (TPSA) is 105 Å². The number of aliphatic carboxylic acids is 2. The minimum Gasteiger partial charge on any atom is -0.481 e. The Morgan fingerprint density at radius 1 is 1.12 bits per heavy atom. The first-order valence-corrected chi connectivity index (χ1v) is 7.71. The smallest absolute Gasteiger partial charge is 0.303 e. The molecule has 7 nitrogen and oxygen atoms in total. The molecule has 0 atom stereocenters. The Kier molecular flexibility index (Phi) is 6.36. The summed E-state index contributed by atoms with van der Waals surface area (Å²) in [6.45, 7) is 1.90. The zero-order chi connectivity index (χ0) is 17.4. The molecule has 128 valence electrons. The minimum atomic E-state index is -1.08. The lowest BCUT2D eigenvalue weighted by atomic mass is 10.1. The maximum Gasteiger partial charge on any atom is 0.303 e. The van der Waals surface area contributed by atoms with Gasteiger partial charge in [0.15, 0.2) is 0 Å². The van der Waals surface area contributed by atoms with Crippen molar-refractivity contribution in [3.05, 3.63) is 48.2 Å². The number of rotatable bonds is 6. The van der Waals surface area contributed by atoms with Crippen molar-refractivity contribution in [1.29, 1.82) is 0 Å². The number of carboxylic acids is 2. The van der Waals surface area contributed by atoms with Gasteiger partial charge in [0.2, 0.25) is 0 Å². The van der Waals surface area contributed by atoms with Gasteiger partial charge in [0.1, 0.15) is 5.76 Å². The van der Waals surface area contributed by atoms with Gasteiger partial charge in [-0.3, -0.25) is 14.6 Å². The lowest BCUT2D eigenvalue weighted by Crippen LogP contribution is -2.17. The zero-order valence-corrected chi connectivity index (χ0v) is 13.2. The van der Waals surface area contributed by atoms with Crippen LogP contribution in [0.4, 0.5) is 0 Å². The first-order valence-electron chi connectivity index (χ1n) is 7.71. The van der Waals surface area contributed by atoms with E-state index in [-0.39, 0.29) is 12.8 Å². The number of carboxylic acid groups (broad SMARTS) is 2. The van der Waals surface area contributed by atoms with E-state index in [0.717, 1.165) is 31.7 Å². The Morgan fingerprint density at radius 2 is 1.88 bits per heavy atom. The standard InChI is InChI=1S/C13H14N2O.C4H6O4/c1-4-13-12(14-7-9-15(13)8-1)6-5-11-3-2-10-16-11;5-3(6)1-2-4(7)8/h1-4,8,10H,5-7,9H2;1-2H2,(H,5,6)(H,7,8). The second-order valence-corrected chi connectivity index (χ2v) is 5.28. The van der Waals surface area contributed by atoms with Gasteiger partial charge in [0.05, 0.1) is 37.1 Å². The first-order chi connectivity index (χ1) is 11.6. The molecule has 0 unspecified atom stereocenters. The van der Waals surface area contributed by atoms with Crippen LogP contribution in [-0.2, 0) is 22.6 Å². The fourth-order valence-corrected chi connectivity index (χ4v) is 2.36. The number of aromatic nitrogens is 1. The molecule has 0 radical (unpaired) electrons. The lowest BCUT2D eigenvalue weighted by molar-refractivity contribution is -0.143. The van der Waals surface area contributed by atoms with Crippen LogP contribution >= 0.6 is 0 Å². The summed E-state index contributed by atoms with van der Waals surface area (Å²) in [5, 5.41) is 15.8. The number of carbonyl (C=O) groups is 2. The quantitative estimate of drug-likeness (QED) is 0.845. The van der Waals surface area contributed by atoms with Gasteiger partial charge in [-0.2, -0.15) is 0 Å². The van der Waals surface area contributed by atoms with Gasteiger partial charge in [0.25, 0.3) is 0 Å². The van der Waals surface area contributed by atoms with Crippen molar-refractivity contribution in [3.8, 4) is 0 Å². The van der Waals surface area contributed by atoms with Crippen LogP contribution in [-0.4, -0.2) is 39.0 Å². The summed E-state index contributed by atoms with van der Waals surface area (Å²) in [6, 6.07) is 8.17. The summed E-state index contributed by atoms with van der Waals surface area (Å²) in [4.78, 5) is 23.9. The second-order valence-electron chi connectivity index (χ2n) is 5.28. The highest BCUT2D eigenvalue weighted by Gasteiger charge is 2.13. The fraction of sp³-hybridized carbons (Fsp3) is 0.353. The number of furan rings is 1. The van der Waals surface area contributed by atoms with E-state index in [0.29, 0.717) is 0 Å². The minimum absolute atomic E-state index is 0.296. The molecular weight excluding hydrogens is 312 g/mol. The van der Waals surface area contributed by atoms with Gasteiger partial charge in [-0.05, 0) is 30.7 Å². The van der Waals surface area contributed by atoms with E-state index >= 15 is 0 Å². The maximum absolute atomic E-state index is 9.64. The molecular formula is C17H20N2O5. The molecule has 3 heterocycles. The van der Waals surface area contributed by atoms with E-state index in [1.54, 1.807) is 6.26 Å². The van der Waals surface area contributed by atoms with Gasteiger partial charge >= 0.3 is 11.9 Å². The van der Waals surface area contributed by atoms with Crippen molar-refractivity contribution in [2.45, 2.75) is 32.2 Å². The summed E-state index contributed by atoms with van der Waals surface area (Å²) in [5.41, 5.74) is 2.46. The van der Waals surface area contributed by atoms with Gasteiger partial charge in [0, 0.05) is 19.2 Å². The summed E-state index contributed by atoms with van der Waals surface area (Å²) in [7, 11) is 0. The average molecular weight is 332 g/mol. The van der Waals surface area contributed by atoms with Crippen LogP contribution in [0.15, 0.2) is 46.1 Å². The molecule has 0 amide bonds. The van der Waals surface area contributed by atoms with Crippen molar-refractivity contribution in [2.75, 3.05) is 6.54 Å². The molecule has 1 aliphatic heterocycles. The number of aliphatic imine (C=N–C) groups is 1. The normalized spacial score (nSPS) is 12.6. The molecule has 2 aromatic rings. The molecule has 0 bridgehead atoms. The van der Waals surface area contributed by atoms with E-state index in [1.165, 1.54) is 11.4 Å². The summed E-state index contributed by atoms with van der Waals surface area (Å²) in [6.07, 6.45) is 5.14. The van der Waals surface area contributed by atoms with Gasteiger partial charge in [-0.15, -0.1) is 0 Å². The number of hydrogen-bond donors (Lipinski definition) is 2. The first kappa shape index (κ1) is 17.5. The fourth-order valence-electron chi connectivity index (χ4n) is 2.36. The van der Waals surface area contributed by atoms with Gasteiger partial charge in [-0.25, -0.2) is 0 Å². The van der Waals surface area contributed by atoms with Crippen molar-refractivity contribution in [3.63, 3.8) is 0 Å². The third-order valence-corrected chi connectivity index (χ3v) is 3.51. The Labute approximate surface area is 139 Å². The molecule has 1 aliphatic rings. The molecule has 0 saturated heterocycles. The second kappa shape index (κ2) is 8.71. The van der Waals surface area contributed by atoms with E-state index in [2.05, 4.69) is 27.9 Å². The number of aryl methyl sites for hydroxylation is 1. The lowest BCUT2D eigenvalue weighted by Gasteiger charge is -2.15. The Balaban J connectivity index is 0.000000224. The van der Waals surface area contributed by atoms with Crippen LogP contribution in [0.25, 0.3) is 0 Å². The summed E-state index contributed by atoms with van der Waals surface area (Å²) >= 11 is 0. The van der Waals surface area contributed by atoms with Crippen molar-refractivity contribution in [2.24, 2.45) is 4.99 Å². The highest BCUT2D eigenvalue weighted by Crippen LogP contribution is 2.14. The predicted octanol–water partition coefficient (Wildman–Crippen LogP) is 2.45. The molecule has 0 aliphatic carbocycles. The number of fused-ring (bicyclic) bond motifs is 1. The zero-order valence-electron chi connectivity index (χ0n) is 13.2. The SMILES string of the molecule is O=C(O)CCC(=O)O.c1coc(CCC2=NCCn3cccc32)c1. The predicted molar refractivity (Wildman–Crippen MR) is 87.4 cm³/mol. The molecule has 2 N–H and O–H groups in total. The van der Waals surface area contributed by atoms with Gasteiger partial charge < -0.3 is 19.2 Å². The molecule has 3 rings (SSSR count). The average Bonchev–Trinajstić information content (AvgIpc) is 3.22. The Bertz CT molecular complexity index is 686. The Morgan fingerprint density at radius 3 is 2.50 bits per heavy atom. The molecule has 7 heteroatoms. The number of nitrogens with zero attached hydrogens (tertiary/aromatic N) is 2. The van der Waals surface area contributed by atoms with Crippen LogP contribution in [0.2, 0.25) is 0 Å². The monoisotopic (exact) mass is 332 g/mol. The van der Waals surface area contributed by atoms with E-state index in [4.69, 9.17) is 14.6 Å². The van der Waals surface area contributed by atoms with Crippen LogP contribution in [0.5, 0.6) is 0 Å². The third-order valence-electron chi connectivity index (χ3n) is 3.51. The van der Waals surface area contributed by atoms with E-state index in [9.17, 15) is 9.59 Å². The van der Waals surface area contributed by atoms with E-state index in [1.807, 2.05) is 12.1 Å². The van der Waals surface area contributed by atoms with Crippen molar-refractivity contribution >= 4 is 17.7 Å². The Hall–Kier alpha value is -2.83. The molecule has 0 saturated carbocycles. The van der Waals surface area contributed by atoms with Crippen molar-refractivity contribution < 1.29 is 24.2 Å². The molecule has 0 fully saturated rings. The highest BCUT2D eigenvalue weighted by molar-refractivity contribution is 5.99. The number of hydrogen-bond acceptors (Lipinski definition) is 4. The summed E-state index contributed by atoms with van der Waals surface area (Å²) < 4.78 is 7.60. The molecule has 2 aromatic heterocycles. The highest BCUT2D eigenvalue weighted by atomic mass is 16.4. The largest absolute Gasteiger partial charge is 0.481 e. The third kappa shape index (κ3) is 5.42. The van der Waals surface area contributed by atoms with Crippen LogP contribution in [0.3, 0.4) is 0 Å². The van der Waals surface area contributed by atoms with Gasteiger partial charge in [-0.1, -0.05) is 0 Å². The van der Waals surface area contributed by atoms with Crippen molar-refractivity contribution in [1.82, 2.24) is 4.57 Å². The molecule has 0 spiro atoms. The summed E-state index contributed by atoms with van der Waals surface area (Å²) in [5.74, 6) is -1.12. The van der Waals surface area contributed by atoms with Crippen LogP contribution in [0, 0.1) is 0 Å².